The molecule has 7 nitrogen and oxygen atoms in total. The number of hydrogen-bond donors (Lipinski definition) is 1. The highest BCUT2D eigenvalue weighted by Crippen LogP contribution is 2.17. The van der Waals surface area contributed by atoms with E-state index in [1.54, 1.807) is 10.7 Å². The van der Waals surface area contributed by atoms with Crippen LogP contribution < -0.4 is 5.32 Å². The first-order valence-corrected chi connectivity index (χ1v) is 7.64. The molecule has 0 saturated heterocycles. The Balaban J connectivity index is 1.87. The predicted molar refractivity (Wildman–Crippen MR) is 84.8 cm³/mol. The first-order chi connectivity index (χ1) is 10.7. The fourth-order valence-corrected chi connectivity index (χ4v) is 2.45. The van der Waals surface area contributed by atoms with Gasteiger partial charge in [-0.05, 0) is 26.3 Å². The molecule has 0 fully saturated rings. The molecule has 1 N–H and O–H groups in total. The zero-order chi connectivity index (χ0) is 15.5. The molecule has 0 spiro atoms. The number of hydrogen-bond acceptors (Lipinski definition) is 5. The maximum Gasteiger partial charge on any atom is 0.254 e. The van der Waals surface area contributed by atoms with E-state index in [1.807, 2.05) is 16.9 Å². The monoisotopic (exact) mass is 299 g/mol. The highest BCUT2D eigenvalue weighted by Gasteiger charge is 2.16. The maximum absolute atomic E-state index is 4.52. The molecule has 7 heteroatoms. The van der Waals surface area contributed by atoms with Crippen molar-refractivity contribution in [1.29, 1.82) is 0 Å². The molecular weight excluding hydrogens is 278 g/mol. The van der Waals surface area contributed by atoms with Gasteiger partial charge in [0.05, 0.1) is 6.04 Å². The quantitative estimate of drug-likeness (QED) is 0.756. The standard InChI is InChI=1S/C15H21N7/c1-4-6-13-9-14(22-15(20-13)16-10-18-22)19-11(2)12(3)21-8-5-7-17-21/h5,7-12,19H,4,6H2,1-3H3/t11-,12-/m0/s1. The van der Waals surface area contributed by atoms with E-state index >= 15 is 0 Å². The first kappa shape index (κ1) is 14.5. The molecule has 0 saturated carbocycles. The summed E-state index contributed by atoms with van der Waals surface area (Å²) >= 11 is 0. The van der Waals surface area contributed by atoms with Crippen LogP contribution in [0.25, 0.3) is 5.78 Å². The number of fused-ring (bicyclic) bond motifs is 1. The van der Waals surface area contributed by atoms with Crippen molar-refractivity contribution in [3.63, 3.8) is 0 Å². The molecule has 0 amide bonds. The third kappa shape index (κ3) is 2.79. The fraction of sp³-hybridized carbons (Fsp3) is 0.467. The Morgan fingerprint density at radius 3 is 2.86 bits per heavy atom. The normalized spacial score (nSPS) is 14.1. The fourth-order valence-electron chi connectivity index (χ4n) is 2.45. The molecule has 0 radical (unpaired) electrons. The van der Waals surface area contributed by atoms with Gasteiger partial charge in [0.25, 0.3) is 5.78 Å². The molecular formula is C15H21N7. The second-order valence-corrected chi connectivity index (χ2v) is 5.51. The summed E-state index contributed by atoms with van der Waals surface area (Å²) in [4.78, 5) is 8.73. The lowest BCUT2D eigenvalue weighted by Crippen LogP contribution is -2.28. The number of anilines is 1. The largest absolute Gasteiger partial charge is 0.365 e. The van der Waals surface area contributed by atoms with Crippen LogP contribution in [0.15, 0.2) is 30.9 Å². The number of aromatic nitrogens is 6. The maximum atomic E-state index is 4.52. The van der Waals surface area contributed by atoms with Crippen molar-refractivity contribution in [3.8, 4) is 0 Å². The molecule has 3 aromatic rings. The van der Waals surface area contributed by atoms with E-state index in [9.17, 15) is 0 Å². The average molecular weight is 299 g/mol. The van der Waals surface area contributed by atoms with Crippen molar-refractivity contribution in [2.45, 2.75) is 45.7 Å². The van der Waals surface area contributed by atoms with Gasteiger partial charge in [0, 0.05) is 30.2 Å². The van der Waals surface area contributed by atoms with E-state index in [1.165, 1.54) is 6.33 Å². The van der Waals surface area contributed by atoms with E-state index in [-0.39, 0.29) is 12.1 Å². The van der Waals surface area contributed by atoms with Crippen molar-refractivity contribution in [3.05, 3.63) is 36.5 Å². The van der Waals surface area contributed by atoms with Gasteiger partial charge in [-0.1, -0.05) is 13.3 Å². The Morgan fingerprint density at radius 1 is 1.27 bits per heavy atom. The topological polar surface area (TPSA) is 72.9 Å². The summed E-state index contributed by atoms with van der Waals surface area (Å²) in [5.41, 5.74) is 1.03. The van der Waals surface area contributed by atoms with Gasteiger partial charge >= 0.3 is 0 Å². The van der Waals surface area contributed by atoms with E-state index in [2.05, 4.69) is 52.3 Å². The summed E-state index contributed by atoms with van der Waals surface area (Å²) in [6.07, 6.45) is 7.29. The molecule has 116 valence electrons. The predicted octanol–water partition coefficient (Wildman–Crippen LogP) is 2.33. The van der Waals surface area contributed by atoms with Gasteiger partial charge < -0.3 is 5.32 Å². The molecule has 0 aromatic carbocycles. The third-order valence-corrected chi connectivity index (χ3v) is 3.85. The number of nitrogens with zero attached hydrogens (tertiary/aromatic N) is 6. The lowest BCUT2D eigenvalue weighted by atomic mass is 10.1. The Bertz CT molecular complexity index is 732. The van der Waals surface area contributed by atoms with Crippen molar-refractivity contribution in [2.24, 2.45) is 0 Å². The second-order valence-electron chi connectivity index (χ2n) is 5.51. The highest BCUT2D eigenvalue weighted by atomic mass is 15.4. The molecule has 0 aliphatic heterocycles. The number of aryl methyl sites for hydroxylation is 1. The van der Waals surface area contributed by atoms with Crippen LogP contribution in [0, 0.1) is 0 Å². The number of nitrogens with one attached hydrogen (secondary N) is 1. The Morgan fingerprint density at radius 2 is 2.14 bits per heavy atom. The molecule has 0 bridgehead atoms. The van der Waals surface area contributed by atoms with Gasteiger partial charge in [0.15, 0.2) is 0 Å². The minimum Gasteiger partial charge on any atom is -0.365 e. The van der Waals surface area contributed by atoms with Crippen LogP contribution in [0.1, 0.15) is 38.9 Å². The molecule has 3 aromatic heterocycles. The van der Waals surface area contributed by atoms with E-state index in [4.69, 9.17) is 0 Å². The van der Waals surface area contributed by atoms with Gasteiger partial charge in [-0.2, -0.15) is 19.7 Å². The van der Waals surface area contributed by atoms with Crippen molar-refractivity contribution in [2.75, 3.05) is 5.32 Å². The summed E-state index contributed by atoms with van der Waals surface area (Å²) in [7, 11) is 0. The van der Waals surface area contributed by atoms with Crippen LogP contribution in [-0.4, -0.2) is 35.4 Å². The Kier molecular flexibility index (Phi) is 4.04. The second kappa shape index (κ2) is 6.13. The molecule has 0 unspecified atom stereocenters. The molecule has 0 aliphatic carbocycles. The van der Waals surface area contributed by atoms with Crippen LogP contribution in [0.2, 0.25) is 0 Å². The van der Waals surface area contributed by atoms with Crippen LogP contribution in [0.5, 0.6) is 0 Å². The van der Waals surface area contributed by atoms with Gasteiger partial charge in [0.1, 0.15) is 12.1 Å². The molecule has 22 heavy (non-hydrogen) atoms. The first-order valence-electron chi connectivity index (χ1n) is 7.64. The van der Waals surface area contributed by atoms with Crippen LogP contribution in [0.3, 0.4) is 0 Å². The van der Waals surface area contributed by atoms with Gasteiger partial charge in [0.2, 0.25) is 0 Å². The lowest BCUT2D eigenvalue weighted by molar-refractivity contribution is 0.442. The van der Waals surface area contributed by atoms with Gasteiger partial charge in [-0.3, -0.25) is 4.68 Å². The Labute approximate surface area is 129 Å². The van der Waals surface area contributed by atoms with E-state index < -0.39 is 0 Å². The van der Waals surface area contributed by atoms with Gasteiger partial charge in [-0.25, -0.2) is 4.98 Å². The lowest BCUT2D eigenvalue weighted by Gasteiger charge is -2.23. The van der Waals surface area contributed by atoms with Gasteiger partial charge in [-0.15, -0.1) is 0 Å². The molecule has 3 rings (SSSR count). The minimum absolute atomic E-state index is 0.184. The zero-order valence-corrected chi connectivity index (χ0v) is 13.1. The molecule has 3 heterocycles. The average Bonchev–Trinajstić information content (AvgIpc) is 3.18. The molecule has 2 atom stereocenters. The highest BCUT2D eigenvalue weighted by molar-refractivity contribution is 5.45. The van der Waals surface area contributed by atoms with E-state index in [0.717, 1.165) is 24.4 Å². The van der Waals surface area contributed by atoms with E-state index in [0.29, 0.717) is 5.78 Å². The summed E-state index contributed by atoms with van der Waals surface area (Å²) in [5.74, 6) is 1.55. The number of rotatable bonds is 6. The third-order valence-electron chi connectivity index (χ3n) is 3.85. The van der Waals surface area contributed by atoms with Crippen LogP contribution in [-0.2, 0) is 6.42 Å². The summed E-state index contributed by atoms with van der Waals surface area (Å²) in [5, 5.41) is 12.1. The molecule has 0 aliphatic rings. The SMILES string of the molecule is CCCc1cc(N[C@@H](C)[C@H](C)n2cccn2)n2ncnc2n1. The van der Waals surface area contributed by atoms with Crippen molar-refractivity contribution < 1.29 is 0 Å². The minimum atomic E-state index is 0.184. The summed E-state index contributed by atoms with van der Waals surface area (Å²) in [6.45, 7) is 6.41. The van der Waals surface area contributed by atoms with Crippen molar-refractivity contribution in [1.82, 2.24) is 29.4 Å². The smallest absolute Gasteiger partial charge is 0.254 e. The van der Waals surface area contributed by atoms with Crippen molar-refractivity contribution >= 4 is 11.6 Å². The van der Waals surface area contributed by atoms with Crippen LogP contribution >= 0.6 is 0 Å². The Hall–Kier alpha value is -2.44. The van der Waals surface area contributed by atoms with Crippen LogP contribution in [0.4, 0.5) is 5.82 Å². The summed E-state index contributed by atoms with van der Waals surface area (Å²) in [6, 6.07) is 4.39. The summed E-state index contributed by atoms with van der Waals surface area (Å²) < 4.78 is 3.69. The zero-order valence-electron chi connectivity index (χ0n) is 13.1.